The molecular weight excluding hydrogens is 382 g/mol. The highest BCUT2D eigenvalue weighted by atomic mass is 32.2. The van der Waals surface area contributed by atoms with Crippen LogP contribution in [-0.4, -0.2) is 57.3 Å². The Morgan fingerprint density at radius 1 is 1.15 bits per heavy atom. The Morgan fingerprint density at radius 2 is 1.85 bits per heavy atom. The summed E-state index contributed by atoms with van der Waals surface area (Å²) in [5.41, 5.74) is 0.482. The van der Waals surface area contributed by atoms with E-state index in [9.17, 15) is 24.0 Å². The first-order chi connectivity index (χ1) is 12.4. The number of carbonyl (C=O) groups is 5. The van der Waals surface area contributed by atoms with Gasteiger partial charge in [0.2, 0.25) is 17.7 Å². The molecule has 11 heteroatoms. The van der Waals surface area contributed by atoms with Crippen molar-refractivity contribution in [1.29, 1.82) is 0 Å². The maximum Gasteiger partial charge on any atom is 0.289 e. The van der Waals surface area contributed by atoms with Crippen molar-refractivity contribution in [1.82, 2.24) is 10.2 Å². The molecule has 2 aliphatic rings. The molecule has 0 saturated carbocycles. The third kappa shape index (κ3) is 3.68. The molecule has 26 heavy (non-hydrogen) atoms. The molecule has 2 atom stereocenters. The summed E-state index contributed by atoms with van der Waals surface area (Å²) in [6, 6.07) is 6.54. The fourth-order valence-electron chi connectivity index (χ4n) is 2.39. The van der Waals surface area contributed by atoms with Crippen molar-refractivity contribution in [2.75, 3.05) is 19.0 Å². The number of imide groups is 2. The molecule has 0 radical (unpaired) electrons. The lowest BCUT2D eigenvalue weighted by atomic mass is 10.2. The number of amides is 5. The molecule has 2 heterocycles. The van der Waals surface area contributed by atoms with Crippen molar-refractivity contribution in [2.24, 2.45) is 0 Å². The lowest BCUT2D eigenvalue weighted by Gasteiger charge is -2.15. The van der Waals surface area contributed by atoms with E-state index in [1.54, 1.807) is 24.3 Å². The Morgan fingerprint density at radius 3 is 2.42 bits per heavy atom. The van der Waals surface area contributed by atoms with Crippen molar-refractivity contribution >= 4 is 57.4 Å². The number of nitrogens with one attached hydrogen (secondary N) is 2. The zero-order chi connectivity index (χ0) is 18.8. The van der Waals surface area contributed by atoms with Crippen LogP contribution in [0.5, 0.6) is 5.75 Å². The van der Waals surface area contributed by atoms with Crippen LogP contribution in [-0.2, 0) is 14.4 Å². The van der Waals surface area contributed by atoms with Crippen LogP contribution in [0.25, 0.3) is 0 Å². The SMILES string of the molecule is COc1ccc(NC(=O)CN2C(=O)S[C@H]([C@H]3SC(=O)NC3=O)C2=O)cc1. The van der Waals surface area contributed by atoms with Crippen molar-refractivity contribution in [3.05, 3.63) is 24.3 Å². The Labute approximate surface area is 156 Å². The molecule has 5 amide bonds. The van der Waals surface area contributed by atoms with Gasteiger partial charge in [-0.15, -0.1) is 0 Å². The quantitative estimate of drug-likeness (QED) is 0.759. The average molecular weight is 395 g/mol. The van der Waals surface area contributed by atoms with Gasteiger partial charge >= 0.3 is 0 Å². The van der Waals surface area contributed by atoms with Crippen LogP contribution < -0.4 is 15.4 Å². The lowest BCUT2D eigenvalue weighted by molar-refractivity contribution is -0.131. The van der Waals surface area contributed by atoms with Gasteiger partial charge in [-0.25, -0.2) is 0 Å². The minimum atomic E-state index is -1.02. The number of thioether (sulfide) groups is 2. The molecule has 1 aromatic rings. The third-order valence-electron chi connectivity index (χ3n) is 3.63. The van der Waals surface area contributed by atoms with Gasteiger partial charge in [-0.3, -0.25) is 34.2 Å². The first-order valence-corrected chi connectivity index (χ1v) is 9.12. The first-order valence-electron chi connectivity index (χ1n) is 7.36. The van der Waals surface area contributed by atoms with Crippen LogP contribution in [0.4, 0.5) is 15.3 Å². The second-order valence-electron chi connectivity index (χ2n) is 5.32. The highest BCUT2D eigenvalue weighted by molar-refractivity contribution is 8.19. The number of benzene rings is 1. The summed E-state index contributed by atoms with van der Waals surface area (Å²) in [6.07, 6.45) is 0. The van der Waals surface area contributed by atoms with Crippen molar-refractivity contribution in [3.8, 4) is 5.75 Å². The predicted molar refractivity (Wildman–Crippen MR) is 95.0 cm³/mol. The highest BCUT2D eigenvalue weighted by Crippen LogP contribution is 2.36. The van der Waals surface area contributed by atoms with Crippen LogP contribution >= 0.6 is 23.5 Å². The van der Waals surface area contributed by atoms with E-state index in [4.69, 9.17) is 4.74 Å². The van der Waals surface area contributed by atoms with E-state index in [0.29, 0.717) is 35.0 Å². The van der Waals surface area contributed by atoms with Crippen LogP contribution in [0.3, 0.4) is 0 Å². The average Bonchev–Trinajstić information content (AvgIpc) is 3.08. The molecule has 0 aromatic heterocycles. The molecule has 136 valence electrons. The van der Waals surface area contributed by atoms with Gasteiger partial charge in [0.05, 0.1) is 7.11 Å². The van der Waals surface area contributed by atoms with Crippen molar-refractivity contribution in [2.45, 2.75) is 10.5 Å². The number of rotatable bonds is 5. The molecule has 0 aliphatic carbocycles. The second kappa shape index (κ2) is 7.38. The minimum absolute atomic E-state index is 0.472. The van der Waals surface area contributed by atoms with Gasteiger partial charge in [-0.2, -0.15) is 0 Å². The summed E-state index contributed by atoms with van der Waals surface area (Å²) in [6.45, 7) is -0.472. The standard InChI is InChI=1S/C15H13N3O6S2/c1-24-8-4-2-7(3-5-8)16-9(19)6-18-13(21)11(26-15(18)23)10-12(20)17-14(22)25-10/h2-5,10-11H,6H2,1H3,(H,16,19)(H,17,20,22)/t10-,11-/m1/s1. The van der Waals surface area contributed by atoms with E-state index in [1.165, 1.54) is 7.11 Å². The summed E-state index contributed by atoms with van der Waals surface area (Å²) < 4.78 is 5.02. The van der Waals surface area contributed by atoms with Crippen molar-refractivity contribution in [3.63, 3.8) is 0 Å². The smallest absolute Gasteiger partial charge is 0.289 e. The van der Waals surface area contributed by atoms with Gasteiger partial charge in [-0.05, 0) is 47.8 Å². The normalized spacial score (nSPS) is 22.6. The zero-order valence-electron chi connectivity index (χ0n) is 13.4. The molecule has 2 aliphatic heterocycles. The van der Waals surface area contributed by atoms with Gasteiger partial charge in [-0.1, -0.05) is 0 Å². The van der Waals surface area contributed by atoms with Gasteiger partial charge in [0.1, 0.15) is 22.8 Å². The largest absolute Gasteiger partial charge is 0.497 e. The van der Waals surface area contributed by atoms with Crippen LogP contribution in [0, 0.1) is 0 Å². The van der Waals surface area contributed by atoms with E-state index in [-0.39, 0.29) is 0 Å². The summed E-state index contributed by atoms with van der Waals surface area (Å²) in [5, 5.41) is 1.47. The number of ether oxygens (including phenoxy) is 1. The Bertz CT molecular complexity index is 797. The molecular formula is C15H13N3O6S2. The number of anilines is 1. The number of methoxy groups -OCH3 is 1. The fraction of sp³-hybridized carbons (Fsp3) is 0.267. The second-order valence-corrected chi connectivity index (χ2v) is 7.53. The predicted octanol–water partition coefficient (Wildman–Crippen LogP) is 1.05. The molecule has 2 saturated heterocycles. The monoisotopic (exact) mass is 395 g/mol. The molecule has 2 N–H and O–H groups in total. The fourth-order valence-corrected chi connectivity index (χ4v) is 4.49. The van der Waals surface area contributed by atoms with Crippen LogP contribution in [0.1, 0.15) is 0 Å². The Hall–Kier alpha value is -2.53. The van der Waals surface area contributed by atoms with Gasteiger partial charge in [0.25, 0.3) is 10.5 Å². The van der Waals surface area contributed by atoms with Crippen LogP contribution in [0.2, 0.25) is 0 Å². The number of carbonyl (C=O) groups excluding carboxylic acids is 5. The van der Waals surface area contributed by atoms with E-state index in [0.717, 1.165) is 4.90 Å². The van der Waals surface area contributed by atoms with Gasteiger partial charge < -0.3 is 10.1 Å². The summed E-state index contributed by atoms with van der Waals surface area (Å²) >= 11 is 1.32. The first kappa shape index (κ1) is 18.3. The molecule has 2 fully saturated rings. The summed E-state index contributed by atoms with van der Waals surface area (Å²) in [5.74, 6) is -1.21. The molecule has 0 spiro atoms. The maximum atomic E-state index is 12.4. The minimum Gasteiger partial charge on any atom is -0.497 e. The van der Waals surface area contributed by atoms with E-state index in [1.807, 2.05) is 0 Å². The zero-order valence-corrected chi connectivity index (χ0v) is 15.0. The Kier molecular flexibility index (Phi) is 5.18. The van der Waals surface area contributed by atoms with E-state index < -0.39 is 45.2 Å². The number of hydrogen-bond donors (Lipinski definition) is 2. The van der Waals surface area contributed by atoms with Gasteiger partial charge in [0, 0.05) is 5.69 Å². The van der Waals surface area contributed by atoms with E-state index in [2.05, 4.69) is 10.6 Å². The lowest BCUT2D eigenvalue weighted by Crippen LogP contribution is -2.42. The highest BCUT2D eigenvalue weighted by Gasteiger charge is 2.50. The third-order valence-corrected chi connectivity index (χ3v) is 6.00. The topological polar surface area (TPSA) is 122 Å². The summed E-state index contributed by atoms with van der Waals surface area (Å²) in [7, 11) is 1.52. The molecule has 0 bridgehead atoms. The number of nitrogens with zero attached hydrogens (tertiary/aromatic N) is 1. The maximum absolute atomic E-state index is 12.4. The van der Waals surface area contributed by atoms with Crippen molar-refractivity contribution < 1.29 is 28.7 Å². The molecule has 1 aromatic carbocycles. The molecule has 3 rings (SSSR count). The number of hydrogen-bond acceptors (Lipinski definition) is 8. The van der Waals surface area contributed by atoms with Gasteiger partial charge in [0.15, 0.2) is 0 Å². The van der Waals surface area contributed by atoms with Crippen LogP contribution in [0.15, 0.2) is 24.3 Å². The summed E-state index contributed by atoms with van der Waals surface area (Å²) in [4.78, 5) is 60.3. The van der Waals surface area contributed by atoms with E-state index >= 15 is 0 Å². The molecule has 0 unspecified atom stereocenters. The molecule has 9 nitrogen and oxygen atoms in total. The Balaban J connectivity index is 1.62.